The van der Waals surface area contributed by atoms with Crippen molar-refractivity contribution in [1.82, 2.24) is 14.5 Å². The lowest BCUT2D eigenvalue weighted by atomic mass is 10.2. The minimum absolute atomic E-state index is 0.0564. The maximum atomic E-state index is 12.8. The highest BCUT2D eigenvalue weighted by Crippen LogP contribution is 2.34. The molecule has 7 heteroatoms. The number of aromatic amines is 1. The summed E-state index contributed by atoms with van der Waals surface area (Å²) in [6, 6.07) is 8.80. The number of phenolic OH excluding ortho intramolecular Hbond substituents is 1. The van der Waals surface area contributed by atoms with E-state index in [4.69, 9.17) is 23.2 Å². The van der Waals surface area contributed by atoms with Gasteiger partial charge >= 0.3 is 0 Å². The molecule has 114 valence electrons. The molecular weight excluding hydrogens is 337 g/mol. The van der Waals surface area contributed by atoms with E-state index in [-0.39, 0.29) is 32.3 Å². The quantitative estimate of drug-likeness (QED) is 0.549. The molecule has 0 radical (unpaired) electrons. The molecule has 0 unspecified atom stereocenters. The van der Waals surface area contributed by atoms with Crippen LogP contribution < -0.4 is 5.56 Å². The second-order valence-electron chi connectivity index (χ2n) is 5.08. The molecule has 4 rings (SSSR count). The number of nitrogens with one attached hydrogen (secondary N) is 1. The van der Waals surface area contributed by atoms with E-state index >= 15 is 0 Å². The number of aromatic hydroxyl groups is 1. The monoisotopic (exact) mass is 345 g/mol. The molecule has 0 aliphatic heterocycles. The number of H-pyrrole nitrogens is 1. The largest absolute Gasteiger partial charge is 0.504 e. The number of hydrogen-bond donors (Lipinski definition) is 2. The Morgan fingerprint density at radius 1 is 1.13 bits per heavy atom. The fourth-order valence-electron chi connectivity index (χ4n) is 2.59. The molecule has 0 aliphatic rings. The summed E-state index contributed by atoms with van der Waals surface area (Å²) in [6.07, 6.45) is 3.18. The summed E-state index contributed by atoms with van der Waals surface area (Å²) in [5.74, 6) is -0.253. The predicted octanol–water partition coefficient (Wildman–Crippen LogP) is 3.88. The SMILES string of the molecule is O=c1c2c(Cl)cc(Cl)c(O)c2ncn1-c1ccc2[nH]ccc2c1. The van der Waals surface area contributed by atoms with Crippen LogP contribution in [-0.4, -0.2) is 19.6 Å². The van der Waals surface area contributed by atoms with Gasteiger partial charge in [-0.3, -0.25) is 9.36 Å². The maximum absolute atomic E-state index is 12.8. The molecule has 0 saturated carbocycles. The van der Waals surface area contributed by atoms with Gasteiger partial charge in [0.15, 0.2) is 5.75 Å². The zero-order valence-corrected chi connectivity index (χ0v) is 13.1. The van der Waals surface area contributed by atoms with Crippen molar-refractivity contribution in [3.05, 3.63) is 63.3 Å². The van der Waals surface area contributed by atoms with Gasteiger partial charge in [-0.2, -0.15) is 0 Å². The second kappa shape index (κ2) is 5.01. The van der Waals surface area contributed by atoms with Gasteiger partial charge in [-0.1, -0.05) is 23.2 Å². The van der Waals surface area contributed by atoms with E-state index in [1.165, 1.54) is 17.0 Å². The van der Waals surface area contributed by atoms with Gasteiger partial charge in [0.05, 0.1) is 21.1 Å². The summed E-state index contributed by atoms with van der Waals surface area (Å²) in [4.78, 5) is 20.0. The van der Waals surface area contributed by atoms with Gasteiger partial charge < -0.3 is 10.1 Å². The van der Waals surface area contributed by atoms with E-state index in [9.17, 15) is 9.90 Å². The zero-order valence-electron chi connectivity index (χ0n) is 11.5. The molecular formula is C16H9Cl2N3O2. The van der Waals surface area contributed by atoms with E-state index in [1.807, 2.05) is 24.4 Å². The highest BCUT2D eigenvalue weighted by molar-refractivity contribution is 6.39. The van der Waals surface area contributed by atoms with Crippen molar-refractivity contribution in [2.45, 2.75) is 0 Å². The number of benzene rings is 2. The summed E-state index contributed by atoms with van der Waals surface area (Å²) < 4.78 is 1.38. The first-order valence-corrected chi connectivity index (χ1v) is 7.47. The number of phenols is 1. The lowest BCUT2D eigenvalue weighted by molar-refractivity contribution is 0.480. The number of hydrogen-bond acceptors (Lipinski definition) is 3. The summed E-state index contributed by atoms with van der Waals surface area (Å²) >= 11 is 12.0. The van der Waals surface area contributed by atoms with Crippen LogP contribution in [0.4, 0.5) is 0 Å². The minimum Gasteiger partial charge on any atom is -0.504 e. The van der Waals surface area contributed by atoms with E-state index < -0.39 is 0 Å². The normalized spacial score (nSPS) is 11.4. The Kier molecular flexibility index (Phi) is 3.07. The molecule has 2 aromatic carbocycles. The zero-order chi connectivity index (χ0) is 16.1. The second-order valence-corrected chi connectivity index (χ2v) is 5.90. The average molecular weight is 346 g/mol. The van der Waals surface area contributed by atoms with Gasteiger partial charge in [0.1, 0.15) is 11.8 Å². The fraction of sp³-hybridized carbons (Fsp3) is 0. The van der Waals surface area contributed by atoms with Crippen molar-refractivity contribution >= 4 is 45.0 Å². The van der Waals surface area contributed by atoms with Crippen molar-refractivity contribution in [3.8, 4) is 11.4 Å². The topological polar surface area (TPSA) is 70.9 Å². The van der Waals surface area contributed by atoms with Crippen molar-refractivity contribution in [3.63, 3.8) is 0 Å². The van der Waals surface area contributed by atoms with E-state index in [0.717, 1.165) is 10.9 Å². The number of aromatic nitrogens is 3. The number of nitrogens with zero attached hydrogens (tertiary/aromatic N) is 2. The van der Waals surface area contributed by atoms with Crippen LogP contribution in [0.15, 0.2) is 47.7 Å². The Hall–Kier alpha value is -2.50. The first-order valence-electron chi connectivity index (χ1n) is 6.72. The van der Waals surface area contributed by atoms with Gasteiger partial charge in [-0.15, -0.1) is 0 Å². The lowest BCUT2D eigenvalue weighted by Gasteiger charge is -2.09. The standard InChI is InChI=1S/C16H9Cl2N3O2/c17-10-6-11(18)15(22)14-13(10)16(23)21(7-20-14)9-1-2-12-8(5-9)3-4-19-12/h1-7,19,22H. The average Bonchev–Trinajstić information content (AvgIpc) is 3.00. The molecule has 0 atom stereocenters. The molecule has 5 nitrogen and oxygen atoms in total. The molecule has 0 spiro atoms. The molecule has 0 aliphatic carbocycles. The van der Waals surface area contributed by atoms with Gasteiger partial charge in [-0.05, 0) is 30.3 Å². The summed E-state index contributed by atoms with van der Waals surface area (Å²) in [6.45, 7) is 0. The van der Waals surface area contributed by atoms with E-state index in [2.05, 4.69) is 9.97 Å². The Morgan fingerprint density at radius 2 is 1.96 bits per heavy atom. The first-order chi connectivity index (χ1) is 11.1. The van der Waals surface area contributed by atoms with Crippen LogP contribution in [-0.2, 0) is 0 Å². The molecule has 4 aromatic rings. The molecule has 2 N–H and O–H groups in total. The van der Waals surface area contributed by atoms with Crippen LogP contribution in [0.3, 0.4) is 0 Å². The molecule has 2 heterocycles. The Bertz CT molecular complexity index is 1130. The third-order valence-electron chi connectivity index (χ3n) is 3.73. The van der Waals surface area contributed by atoms with E-state index in [1.54, 1.807) is 6.07 Å². The highest BCUT2D eigenvalue weighted by atomic mass is 35.5. The number of rotatable bonds is 1. The lowest BCUT2D eigenvalue weighted by Crippen LogP contribution is -2.19. The number of fused-ring (bicyclic) bond motifs is 2. The molecule has 0 bridgehead atoms. The summed E-state index contributed by atoms with van der Waals surface area (Å²) in [5, 5.41) is 11.3. The maximum Gasteiger partial charge on any atom is 0.267 e. The third kappa shape index (κ3) is 2.09. The molecule has 2 aromatic heterocycles. The van der Waals surface area contributed by atoms with Crippen molar-refractivity contribution in [1.29, 1.82) is 0 Å². The molecule has 0 amide bonds. The van der Waals surface area contributed by atoms with Gasteiger partial charge in [0, 0.05) is 17.1 Å². The molecule has 23 heavy (non-hydrogen) atoms. The highest BCUT2D eigenvalue weighted by Gasteiger charge is 2.15. The minimum atomic E-state index is -0.373. The molecule has 0 saturated heterocycles. The van der Waals surface area contributed by atoms with Gasteiger partial charge in [0.2, 0.25) is 0 Å². The first kappa shape index (κ1) is 14.1. The fourth-order valence-corrected chi connectivity index (χ4v) is 3.12. The predicted molar refractivity (Wildman–Crippen MR) is 90.9 cm³/mol. The van der Waals surface area contributed by atoms with Gasteiger partial charge in [0.25, 0.3) is 5.56 Å². The summed E-state index contributed by atoms with van der Waals surface area (Å²) in [7, 11) is 0. The van der Waals surface area contributed by atoms with Crippen LogP contribution in [0, 0.1) is 0 Å². The van der Waals surface area contributed by atoms with Crippen molar-refractivity contribution < 1.29 is 5.11 Å². The van der Waals surface area contributed by atoms with Crippen LogP contribution >= 0.6 is 23.2 Å². The molecule has 0 fully saturated rings. The Balaban J connectivity index is 2.05. The van der Waals surface area contributed by atoms with E-state index in [0.29, 0.717) is 5.69 Å². The van der Waals surface area contributed by atoms with Crippen LogP contribution in [0.2, 0.25) is 10.0 Å². The van der Waals surface area contributed by atoms with Crippen LogP contribution in [0.5, 0.6) is 5.75 Å². The third-order valence-corrected chi connectivity index (χ3v) is 4.32. The van der Waals surface area contributed by atoms with Gasteiger partial charge in [-0.25, -0.2) is 4.98 Å². The summed E-state index contributed by atoms with van der Waals surface area (Å²) in [5.41, 5.74) is 1.34. The van der Waals surface area contributed by atoms with Crippen LogP contribution in [0.25, 0.3) is 27.5 Å². The van der Waals surface area contributed by atoms with Crippen LogP contribution in [0.1, 0.15) is 0 Å². The number of halogens is 2. The Morgan fingerprint density at radius 3 is 2.78 bits per heavy atom. The van der Waals surface area contributed by atoms with Crippen molar-refractivity contribution in [2.75, 3.05) is 0 Å². The Labute approximate surface area is 139 Å². The smallest absolute Gasteiger partial charge is 0.267 e. The van der Waals surface area contributed by atoms with Crippen molar-refractivity contribution in [2.24, 2.45) is 0 Å².